The fraction of sp³-hybridized carbons (Fsp3) is 0.290. The number of unbranched alkanes of at least 4 members (excludes halogenated alkanes) is 2. The summed E-state index contributed by atoms with van der Waals surface area (Å²) in [5.41, 5.74) is 2.27. The number of nitrogens with one attached hydrogen (secondary N) is 2. The molecular formula is C31H34N4O5S. The second kappa shape index (κ2) is 14.4. The molecular weight excluding hydrogens is 540 g/mol. The van der Waals surface area contributed by atoms with Gasteiger partial charge < -0.3 is 20.1 Å². The molecule has 1 aromatic heterocycles. The molecule has 214 valence electrons. The Bertz CT molecular complexity index is 1570. The summed E-state index contributed by atoms with van der Waals surface area (Å²) in [5.74, 6) is 0.715. The lowest BCUT2D eigenvalue weighted by molar-refractivity contribution is -0.113. The number of aromatic nitrogens is 2. The van der Waals surface area contributed by atoms with Gasteiger partial charge in [0.05, 0.1) is 43.1 Å². The summed E-state index contributed by atoms with van der Waals surface area (Å²) in [6.45, 7) is 3.01. The van der Waals surface area contributed by atoms with Crippen LogP contribution in [0.4, 0.5) is 5.69 Å². The number of para-hydroxylation sites is 1. The highest BCUT2D eigenvalue weighted by Crippen LogP contribution is 2.29. The van der Waals surface area contributed by atoms with E-state index in [0.29, 0.717) is 45.4 Å². The summed E-state index contributed by atoms with van der Waals surface area (Å²) in [4.78, 5) is 43.5. The number of amides is 2. The Morgan fingerprint density at radius 3 is 2.49 bits per heavy atom. The van der Waals surface area contributed by atoms with Crippen LogP contribution in [-0.2, 0) is 11.3 Å². The topological polar surface area (TPSA) is 112 Å². The second-order valence-corrected chi connectivity index (χ2v) is 10.3. The summed E-state index contributed by atoms with van der Waals surface area (Å²) >= 11 is 1.18. The molecule has 4 rings (SSSR count). The number of benzene rings is 3. The highest BCUT2D eigenvalue weighted by molar-refractivity contribution is 7.99. The zero-order chi connectivity index (χ0) is 29.2. The van der Waals surface area contributed by atoms with Crippen molar-refractivity contribution in [3.05, 3.63) is 88.2 Å². The lowest BCUT2D eigenvalue weighted by Gasteiger charge is -2.14. The van der Waals surface area contributed by atoms with Crippen LogP contribution in [0.2, 0.25) is 0 Å². The van der Waals surface area contributed by atoms with Crippen LogP contribution in [0.3, 0.4) is 0 Å². The number of carbonyl (C=O) groups excluding carboxylic acids is 2. The van der Waals surface area contributed by atoms with Crippen LogP contribution < -0.4 is 25.7 Å². The summed E-state index contributed by atoms with van der Waals surface area (Å²) in [6, 6.07) is 19.4. The molecule has 0 unspecified atom stereocenters. The van der Waals surface area contributed by atoms with Gasteiger partial charge in [0, 0.05) is 18.2 Å². The van der Waals surface area contributed by atoms with Crippen molar-refractivity contribution in [3.63, 3.8) is 0 Å². The van der Waals surface area contributed by atoms with Crippen molar-refractivity contribution >= 4 is 40.2 Å². The largest absolute Gasteiger partial charge is 0.497 e. The molecule has 0 bridgehead atoms. The molecule has 1 heterocycles. The fourth-order valence-corrected chi connectivity index (χ4v) is 5.04. The number of nitrogens with zero attached hydrogens (tertiary/aromatic N) is 2. The minimum absolute atomic E-state index is 0.0249. The summed E-state index contributed by atoms with van der Waals surface area (Å²) in [5, 5.41) is 6.70. The molecule has 2 N–H and O–H groups in total. The maximum atomic E-state index is 13.5. The quantitative estimate of drug-likeness (QED) is 0.130. The molecule has 0 spiro atoms. The number of carbonyl (C=O) groups is 2. The normalized spacial score (nSPS) is 10.8. The predicted molar refractivity (Wildman–Crippen MR) is 162 cm³/mol. The number of hydrogen-bond donors (Lipinski definition) is 2. The van der Waals surface area contributed by atoms with Crippen LogP contribution in [0.25, 0.3) is 10.9 Å². The number of rotatable bonds is 13. The van der Waals surface area contributed by atoms with Crippen LogP contribution >= 0.6 is 11.8 Å². The Hall–Kier alpha value is -4.31. The molecule has 0 aliphatic rings. The van der Waals surface area contributed by atoms with E-state index in [9.17, 15) is 14.4 Å². The zero-order valence-electron chi connectivity index (χ0n) is 23.4. The van der Waals surface area contributed by atoms with Crippen molar-refractivity contribution in [2.45, 2.75) is 37.9 Å². The minimum Gasteiger partial charge on any atom is -0.497 e. The number of thioether (sulfide) groups is 1. The van der Waals surface area contributed by atoms with Gasteiger partial charge in [-0.3, -0.25) is 19.0 Å². The van der Waals surface area contributed by atoms with Crippen molar-refractivity contribution in [1.29, 1.82) is 0 Å². The fourth-order valence-electron chi connectivity index (χ4n) is 4.24. The van der Waals surface area contributed by atoms with Gasteiger partial charge in [-0.1, -0.05) is 55.8 Å². The van der Waals surface area contributed by atoms with E-state index in [1.807, 2.05) is 18.2 Å². The Morgan fingerprint density at radius 2 is 1.76 bits per heavy atom. The Morgan fingerprint density at radius 1 is 0.976 bits per heavy atom. The molecule has 0 fully saturated rings. The molecule has 10 heteroatoms. The molecule has 9 nitrogen and oxygen atoms in total. The molecule has 0 radical (unpaired) electrons. The zero-order valence-corrected chi connectivity index (χ0v) is 24.3. The average molecular weight is 575 g/mol. The number of fused-ring (bicyclic) bond motifs is 1. The minimum atomic E-state index is -0.276. The second-order valence-electron chi connectivity index (χ2n) is 9.37. The molecule has 41 heavy (non-hydrogen) atoms. The van der Waals surface area contributed by atoms with Gasteiger partial charge in [0.2, 0.25) is 5.91 Å². The third kappa shape index (κ3) is 7.67. The van der Waals surface area contributed by atoms with Crippen molar-refractivity contribution in [2.24, 2.45) is 0 Å². The van der Waals surface area contributed by atoms with Crippen molar-refractivity contribution in [3.8, 4) is 11.5 Å². The third-order valence-corrected chi connectivity index (χ3v) is 7.44. The number of ether oxygens (including phenoxy) is 2. The van der Waals surface area contributed by atoms with Crippen LogP contribution in [0.15, 0.2) is 76.7 Å². The first-order valence-electron chi connectivity index (χ1n) is 13.4. The summed E-state index contributed by atoms with van der Waals surface area (Å²) < 4.78 is 12.1. The monoisotopic (exact) mass is 574 g/mol. The van der Waals surface area contributed by atoms with Crippen molar-refractivity contribution < 1.29 is 19.1 Å². The van der Waals surface area contributed by atoms with Crippen molar-refractivity contribution in [2.75, 3.05) is 31.8 Å². The lowest BCUT2D eigenvalue weighted by atomic mass is 10.1. The molecule has 4 aromatic rings. The highest BCUT2D eigenvalue weighted by atomic mass is 32.2. The lowest BCUT2D eigenvalue weighted by Crippen LogP contribution is -2.25. The Kier molecular flexibility index (Phi) is 10.4. The van der Waals surface area contributed by atoms with E-state index in [-0.39, 0.29) is 29.7 Å². The van der Waals surface area contributed by atoms with E-state index >= 15 is 0 Å². The van der Waals surface area contributed by atoms with Crippen molar-refractivity contribution in [1.82, 2.24) is 14.9 Å². The molecule has 0 saturated carbocycles. The van der Waals surface area contributed by atoms with Gasteiger partial charge in [-0.25, -0.2) is 4.98 Å². The molecule has 0 aliphatic carbocycles. The van der Waals surface area contributed by atoms with E-state index in [0.717, 1.165) is 24.8 Å². The number of methoxy groups -OCH3 is 2. The molecule has 3 aromatic carbocycles. The van der Waals surface area contributed by atoms with E-state index in [2.05, 4.69) is 17.6 Å². The third-order valence-electron chi connectivity index (χ3n) is 6.46. The SMILES string of the molecule is CCCCCNC(=O)c1ccc(Cn2c(SCC(=O)Nc3ccc(OC)cc3OC)nc3ccccc3c2=O)cc1. The first kappa shape index (κ1) is 29.7. The van der Waals surface area contributed by atoms with E-state index in [1.54, 1.807) is 60.2 Å². The summed E-state index contributed by atoms with van der Waals surface area (Å²) in [7, 11) is 3.07. The Balaban J connectivity index is 1.51. The predicted octanol–water partition coefficient (Wildman–Crippen LogP) is 5.11. The van der Waals surface area contributed by atoms with Crippen LogP contribution in [0, 0.1) is 0 Å². The number of hydrogen-bond acceptors (Lipinski definition) is 7. The van der Waals surface area contributed by atoms with Gasteiger partial charge in [-0.2, -0.15) is 0 Å². The molecule has 2 amide bonds. The maximum absolute atomic E-state index is 13.5. The van der Waals surface area contributed by atoms with Gasteiger partial charge >= 0.3 is 0 Å². The smallest absolute Gasteiger partial charge is 0.262 e. The first-order chi connectivity index (χ1) is 19.9. The molecule has 0 atom stereocenters. The molecule has 0 saturated heterocycles. The standard InChI is InChI=1S/C31H34N4O5S/c1-4-5-8-17-32-29(37)22-13-11-21(12-14-22)19-35-30(38)24-9-6-7-10-25(24)34-31(35)41-20-28(36)33-26-16-15-23(39-2)18-27(26)40-3/h6-7,9-16,18H,4-5,8,17,19-20H2,1-3H3,(H,32,37)(H,33,36). The van der Waals surface area contributed by atoms with Gasteiger partial charge in [0.25, 0.3) is 11.5 Å². The van der Waals surface area contributed by atoms with E-state index in [1.165, 1.54) is 18.9 Å². The van der Waals surface area contributed by atoms with E-state index < -0.39 is 0 Å². The van der Waals surface area contributed by atoms with Gasteiger partial charge in [0.15, 0.2) is 5.16 Å². The molecule has 0 aliphatic heterocycles. The highest BCUT2D eigenvalue weighted by Gasteiger charge is 2.16. The maximum Gasteiger partial charge on any atom is 0.262 e. The van der Waals surface area contributed by atoms with Crippen LogP contribution in [-0.4, -0.2) is 47.9 Å². The number of anilines is 1. The first-order valence-corrected chi connectivity index (χ1v) is 14.4. The van der Waals surface area contributed by atoms with E-state index in [4.69, 9.17) is 14.5 Å². The Labute approximate surface area is 243 Å². The van der Waals surface area contributed by atoms with Gasteiger partial charge in [-0.05, 0) is 48.4 Å². The van der Waals surface area contributed by atoms with Gasteiger partial charge in [0.1, 0.15) is 11.5 Å². The van der Waals surface area contributed by atoms with Crippen LogP contribution in [0.1, 0.15) is 42.1 Å². The average Bonchev–Trinajstić information content (AvgIpc) is 3.00. The summed E-state index contributed by atoms with van der Waals surface area (Å²) in [6.07, 6.45) is 3.12. The van der Waals surface area contributed by atoms with Crippen LogP contribution in [0.5, 0.6) is 11.5 Å². The van der Waals surface area contributed by atoms with Gasteiger partial charge in [-0.15, -0.1) is 0 Å².